The molecule has 11 heteroatoms. The van der Waals surface area contributed by atoms with Gasteiger partial charge in [-0.1, -0.05) is 225 Å². The van der Waals surface area contributed by atoms with Crippen LogP contribution in [0.25, 0.3) is 0 Å². The number of unbranched alkanes of at least 4 members (excludes halogenated alkanes) is 31. The van der Waals surface area contributed by atoms with Crippen molar-refractivity contribution < 1.29 is 47.8 Å². The molecule has 0 heterocycles. The molecule has 0 aromatic heterocycles. The van der Waals surface area contributed by atoms with Gasteiger partial charge in [0.05, 0.1) is 19.8 Å². The quantitative estimate of drug-likeness (QED) is 0.0177. The van der Waals surface area contributed by atoms with Crippen LogP contribution >= 0.6 is 7.82 Å². The Labute approximate surface area is 361 Å². The van der Waals surface area contributed by atoms with Crippen LogP contribution in [0.3, 0.4) is 0 Å². The highest BCUT2D eigenvalue weighted by Gasteiger charge is 2.26. The molecule has 0 aliphatic rings. The van der Waals surface area contributed by atoms with Crippen LogP contribution in [-0.2, 0) is 32.7 Å². The number of allylic oxidation sites excluding steroid dienone is 3. The van der Waals surface area contributed by atoms with E-state index in [-0.39, 0.29) is 13.0 Å². The van der Waals surface area contributed by atoms with Crippen molar-refractivity contribution in [2.24, 2.45) is 0 Å². The summed E-state index contributed by atoms with van der Waals surface area (Å²) in [5.41, 5.74) is 0. The van der Waals surface area contributed by atoms with Crippen molar-refractivity contribution in [3.8, 4) is 0 Å². The molecule has 0 fully saturated rings. The summed E-state index contributed by atoms with van der Waals surface area (Å²) in [5.74, 6) is -1.16. The summed E-state index contributed by atoms with van der Waals surface area (Å²) in [6.45, 7) is 2.30. The monoisotopic (exact) mass is 859 g/mol. The van der Waals surface area contributed by atoms with Crippen LogP contribution in [0.15, 0.2) is 24.3 Å². The molecular weight excluding hydrogens is 767 g/mol. The minimum Gasteiger partial charge on any atom is -0.462 e. The van der Waals surface area contributed by atoms with E-state index in [0.29, 0.717) is 6.42 Å². The molecule has 0 radical (unpaired) electrons. The number of phosphoric ester groups is 1. The van der Waals surface area contributed by atoms with E-state index in [1.54, 1.807) is 12.2 Å². The number of phosphoric acid groups is 1. The van der Waals surface area contributed by atoms with Crippen molar-refractivity contribution in [3.63, 3.8) is 0 Å². The van der Waals surface area contributed by atoms with Crippen molar-refractivity contribution >= 4 is 19.8 Å². The van der Waals surface area contributed by atoms with Crippen LogP contribution < -0.4 is 0 Å². The van der Waals surface area contributed by atoms with E-state index in [1.165, 1.54) is 179 Å². The molecule has 0 aromatic rings. The highest BCUT2D eigenvalue weighted by Crippen LogP contribution is 2.43. The van der Waals surface area contributed by atoms with Crippen molar-refractivity contribution in [2.45, 2.75) is 244 Å². The Morgan fingerprint density at radius 1 is 0.542 bits per heavy atom. The van der Waals surface area contributed by atoms with Gasteiger partial charge in [0.1, 0.15) is 12.7 Å². The van der Waals surface area contributed by atoms with Gasteiger partial charge in [-0.15, -0.1) is 0 Å². The summed E-state index contributed by atoms with van der Waals surface area (Å²) in [7, 11) is -4.64. The predicted molar refractivity (Wildman–Crippen MR) is 242 cm³/mol. The highest BCUT2D eigenvalue weighted by atomic mass is 31.2. The minimum absolute atomic E-state index is 0.227. The zero-order valence-electron chi connectivity index (χ0n) is 38.0. The topological polar surface area (TPSA) is 149 Å². The lowest BCUT2D eigenvalue weighted by Crippen LogP contribution is -2.29. The van der Waals surface area contributed by atoms with Crippen LogP contribution in [-0.4, -0.2) is 65.7 Å². The molecule has 0 bridgehead atoms. The normalized spacial score (nSPS) is 13.9. The Kier molecular flexibility index (Phi) is 43.3. The van der Waals surface area contributed by atoms with Gasteiger partial charge in [-0.2, -0.15) is 0 Å². The van der Waals surface area contributed by atoms with Crippen molar-refractivity contribution in [3.05, 3.63) is 24.3 Å². The van der Waals surface area contributed by atoms with Gasteiger partial charge in [0.25, 0.3) is 0 Å². The summed E-state index contributed by atoms with van der Waals surface area (Å²) in [4.78, 5) is 34.9. The first-order valence-corrected chi connectivity index (χ1v) is 25.8. The van der Waals surface area contributed by atoms with Crippen LogP contribution in [0.2, 0.25) is 0 Å². The summed E-state index contributed by atoms with van der Waals surface area (Å²) < 4.78 is 32.6. The molecule has 0 aliphatic heterocycles. The Morgan fingerprint density at radius 2 is 0.932 bits per heavy atom. The number of rotatable bonds is 46. The summed E-state index contributed by atoms with van der Waals surface area (Å²) in [6.07, 6.45) is 46.4. The van der Waals surface area contributed by atoms with E-state index in [1.807, 2.05) is 6.08 Å². The molecule has 3 atom stereocenters. The van der Waals surface area contributed by atoms with Gasteiger partial charge in [0.2, 0.25) is 0 Å². The van der Waals surface area contributed by atoms with Gasteiger partial charge in [-0.05, 0) is 19.3 Å². The average molecular weight is 859 g/mol. The molecule has 0 saturated heterocycles. The molecule has 3 N–H and O–H groups in total. The van der Waals surface area contributed by atoms with Crippen LogP contribution in [0.1, 0.15) is 232 Å². The second-order valence-electron chi connectivity index (χ2n) is 16.6. The zero-order valence-corrected chi connectivity index (χ0v) is 38.9. The van der Waals surface area contributed by atoms with Gasteiger partial charge in [-0.25, -0.2) is 9.36 Å². The van der Waals surface area contributed by atoms with Crippen molar-refractivity contribution in [1.29, 1.82) is 0 Å². The van der Waals surface area contributed by atoms with Crippen LogP contribution in [0.5, 0.6) is 0 Å². The standard InChI is InChI=1S/C48H91O10P/c1-3-5-7-9-11-13-15-17-19-20-21-22-23-24-26-27-29-31-33-35-37-39-47(51)55-43-46(44-57-59(53,54)56-42-45(50)41-49)58-48(52)40-38-36-34-32-30-28-25-18-16-14-12-10-8-6-4-2/h34,36,38,40,45-46,49-50H,3-33,35,37,39,41-44H2,1-2H3,(H,53,54)/b36-34+,40-38+/t45-,46+/m1/s1. The largest absolute Gasteiger partial charge is 0.472 e. The van der Waals surface area contributed by atoms with Crippen LogP contribution in [0, 0.1) is 0 Å². The lowest BCUT2D eigenvalue weighted by atomic mass is 10.0. The van der Waals surface area contributed by atoms with Gasteiger partial charge in [0.15, 0.2) is 6.10 Å². The lowest BCUT2D eigenvalue weighted by Gasteiger charge is -2.19. The molecule has 10 nitrogen and oxygen atoms in total. The zero-order chi connectivity index (χ0) is 43.3. The maximum atomic E-state index is 12.5. The van der Waals surface area contributed by atoms with E-state index >= 15 is 0 Å². The van der Waals surface area contributed by atoms with E-state index in [0.717, 1.165) is 32.1 Å². The first-order valence-electron chi connectivity index (χ1n) is 24.3. The predicted octanol–water partition coefficient (Wildman–Crippen LogP) is 13.3. The second-order valence-corrected chi connectivity index (χ2v) is 18.0. The third kappa shape index (κ3) is 44.3. The fraction of sp³-hybridized carbons (Fsp3) is 0.875. The summed E-state index contributed by atoms with van der Waals surface area (Å²) in [6, 6.07) is 0. The molecule has 1 unspecified atom stereocenters. The second kappa shape index (κ2) is 44.5. The summed E-state index contributed by atoms with van der Waals surface area (Å²) >= 11 is 0. The molecule has 0 rings (SSSR count). The van der Waals surface area contributed by atoms with E-state index in [2.05, 4.69) is 18.4 Å². The fourth-order valence-corrected chi connectivity index (χ4v) is 7.75. The number of ether oxygens (including phenoxy) is 2. The fourth-order valence-electron chi connectivity index (χ4n) is 6.96. The lowest BCUT2D eigenvalue weighted by molar-refractivity contribution is -0.157. The molecule has 0 aromatic carbocycles. The minimum atomic E-state index is -4.64. The van der Waals surface area contributed by atoms with E-state index < -0.39 is 51.8 Å². The summed E-state index contributed by atoms with van der Waals surface area (Å²) in [5, 5.41) is 18.3. The molecule has 59 heavy (non-hydrogen) atoms. The third-order valence-electron chi connectivity index (χ3n) is 10.7. The van der Waals surface area contributed by atoms with Crippen LogP contribution in [0.4, 0.5) is 0 Å². The molecule has 348 valence electrons. The third-order valence-corrected chi connectivity index (χ3v) is 11.7. The number of hydrogen-bond acceptors (Lipinski definition) is 9. The smallest absolute Gasteiger partial charge is 0.462 e. The highest BCUT2D eigenvalue weighted by molar-refractivity contribution is 7.47. The van der Waals surface area contributed by atoms with Gasteiger partial charge >= 0.3 is 19.8 Å². The number of aliphatic hydroxyl groups excluding tert-OH is 2. The molecule has 0 saturated carbocycles. The Bertz CT molecular complexity index is 1040. The first kappa shape index (κ1) is 57.4. The van der Waals surface area contributed by atoms with Gasteiger partial charge in [0, 0.05) is 12.5 Å². The SMILES string of the molecule is CCCCCCCCCCCCC/C=C/C=C/C(=O)O[C@@H](COC(=O)CCCCCCCCCCCCCCCCCCCCCCC)COP(=O)(O)OC[C@H](O)CO. The molecule has 0 aliphatic carbocycles. The number of esters is 2. The number of carbonyl (C=O) groups is 2. The Morgan fingerprint density at radius 3 is 1.36 bits per heavy atom. The number of hydrogen-bond donors (Lipinski definition) is 3. The molecule has 0 spiro atoms. The Balaban J connectivity index is 4.23. The number of carbonyl (C=O) groups excluding carboxylic acids is 2. The maximum absolute atomic E-state index is 12.5. The van der Waals surface area contributed by atoms with E-state index in [4.69, 9.17) is 19.1 Å². The van der Waals surface area contributed by atoms with Gasteiger partial charge in [-0.3, -0.25) is 13.8 Å². The van der Waals surface area contributed by atoms with Crippen molar-refractivity contribution in [2.75, 3.05) is 26.4 Å². The molecular formula is C48H91O10P. The average Bonchev–Trinajstić information content (AvgIpc) is 3.22. The van der Waals surface area contributed by atoms with Gasteiger partial charge < -0.3 is 24.6 Å². The first-order chi connectivity index (χ1) is 28.7. The maximum Gasteiger partial charge on any atom is 0.472 e. The van der Waals surface area contributed by atoms with Crippen molar-refractivity contribution in [1.82, 2.24) is 0 Å². The number of aliphatic hydroxyl groups is 2. The Hall–Kier alpha value is -1.55. The van der Waals surface area contributed by atoms with E-state index in [9.17, 15) is 24.2 Å². The molecule has 0 amide bonds.